The van der Waals surface area contributed by atoms with Crippen LogP contribution in [0.2, 0.25) is 0 Å². The van der Waals surface area contributed by atoms with Crippen molar-refractivity contribution in [3.05, 3.63) is 76.1 Å². The first-order valence-corrected chi connectivity index (χ1v) is 7.24. The number of fused-ring (bicyclic) bond motifs is 1. The zero-order chi connectivity index (χ0) is 14.8. The van der Waals surface area contributed by atoms with E-state index in [1.165, 1.54) is 12.1 Å². The summed E-state index contributed by atoms with van der Waals surface area (Å²) in [5.74, 6) is 5.40. The minimum atomic E-state index is -0.293. The van der Waals surface area contributed by atoms with E-state index in [-0.39, 0.29) is 11.9 Å². The van der Waals surface area contributed by atoms with Crippen LogP contribution < -0.4 is 11.3 Å². The Hall–Kier alpha value is -1.82. The molecule has 1 atom stereocenters. The molecular formula is C16H13BrFN3. The highest BCUT2D eigenvalue weighted by Gasteiger charge is 2.16. The van der Waals surface area contributed by atoms with E-state index in [4.69, 9.17) is 5.84 Å². The number of pyridine rings is 1. The van der Waals surface area contributed by atoms with Crippen molar-refractivity contribution in [2.45, 2.75) is 6.04 Å². The molecule has 0 amide bonds. The number of hydrogen-bond donors (Lipinski definition) is 2. The molecule has 3 aromatic rings. The zero-order valence-electron chi connectivity index (χ0n) is 11.1. The van der Waals surface area contributed by atoms with Crippen LogP contribution in [0.25, 0.3) is 10.9 Å². The quantitative estimate of drug-likeness (QED) is 0.562. The fraction of sp³-hybridized carbons (Fsp3) is 0.0625. The average molecular weight is 346 g/mol. The van der Waals surface area contributed by atoms with Crippen LogP contribution in [0.1, 0.15) is 17.2 Å². The monoisotopic (exact) mass is 345 g/mol. The van der Waals surface area contributed by atoms with Crippen LogP contribution in [0.15, 0.2) is 59.2 Å². The summed E-state index contributed by atoms with van der Waals surface area (Å²) in [7, 11) is 0. The van der Waals surface area contributed by atoms with Crippen LogP contribution in [0, 0.1) is 5.82 Å². The average Bonchev–Trinajstić information content (AvgIpc) is 2.50. The summed E-state index contributed by atoms with van der Waals surface area (Å²) < 4.78 is 13.9. The van der Waals surface area contributed by atoms with Crippen LogP contribution in [0.5, 0.6) is 0 Å². The molecule has 0 aliphatic carbocycles. The summed E-state index contributed by atoms with van der Waals surface area (Å²) in [6, 6.07) is 14.2. The van der Waals surface area contributed by atoms with Gasteiger partial charge in [0, 0.05) is 16.1 Å². The first-order chi connectivity index (χ1) is 10.2. The summed E-state index contributed by atoms with van der Waals surface area (Å²) >= 11 is 3.38. The van der Waals surface area contributed by atoms with Crippen LogP contribution >= 0.6 is 15.9 Å². The normalized spacial score (nSPS) is 12.5. The van der Waals surface area contributed by atoms with Gasteiger partial charge in [-0.25, -0.2) is 9.82 Å². The van der Waals surface area contributed by atoms with Crippen molar-refractivity contribution < 1.29 is 4.39 Å². The number of hydrogen-bond acceptors (Lipinski definition) is 3. The summed E-state index contributed by atoms with van der Waals surface area (Å²) in [6.07, 6.45) is 1.78. The van der Waals surface area contributed by atoms with E-state index in [9.17, 15) is 4.39 Å². The maximum Gasteiger partial charge on any atom is 0.124 e. The van der Waals surface area contributed by atoms with E-state index >= 15 is 0 Å². The van der Waals surface area contributed by atoms with Gasteiger partial charge in [-0.3, -0.25) is 10.8 Å². The number of rotatable bonds is 3. The van der Waals surface area contributed by atoms with Crippen molar-refractivity contribution >= 4 is 26.8 Å². The van der Waals surface area contributed by atoms with E-state index in [1.807, 2.05) is 30.3 Å². The minimum Gasteiger partial charge on any atom is -0.271 e. The molecule has 3 rings (SSSR count). The second-order valence-corrected chi connectivity index (χ2v) is 5.58. The molecule has 1 aromatic heterocycles. The highest BCUT2D eigenvalue weighted by atomic mass is 79.9. The third-order valence-electron chi connectivity index (χ3n) is 3.39. The third kappa shape index (κ3) is 2.81. The molecule has 0 bridgehead atoms. The number of hydrazine groups is 1. The van der Waals surface area contributed by atoms with Crippen molar-refractivity contribution in [2.75, 3.05) is 0 Å². The van der Waals surface area contributed by atoms with Crippen molar-refractivity contribution in [3.8, 4) is 0 Å². The number of para-hydroxylation sites is 1. The highest BCUT2D eigenvalue weighted by molar-refractivity contribution is 9.10. The van der Waals surface area contributed by atoms with E-state index in [1.54, 1.807) is 12.3 Å². The lowest BCUT2D eigenvalue weighted by molar-refractivity contribution is 0.612. The van der Waals surface area contributed by atoms with Gasteiger partial charge in [0.05, 0.1) is 11.6 Å². The molecule has 3 N–H and O–H groups in total. The fourth-order valence-electron chi connectivity index (χ4n) is 2.35. The highest BCUT2D eigenvalue weighted by Crippen LogP contribution is 2.29. The Morgan fingerprint density at radius 2 is 1.95 bits per heavy atom. The van der Waals surface area contributed by atoms with Gasteiger partial charge in [0.1, 0.15) is 5.82 Å². The van der Waals surface area contributed by atoms with Crippen molar-refractivity contribution in [3.63, 3.8) is 0 Å². The Labute approximate surface area is 130 Å². The Bertz CT molecular complexity index is 791. The predicted molar refractivity (Wildman–Crippen MR) is 85.0 cm³/mol. The first kappa shape index (κ1) is 14.1. The zero-order valence-corrected chi connectivity index (χ0v) is 12.6. The predicted octanol–water partition coefficient (Wildman–Crippen LogP) is 3.69. The van der Waals surface area contributed by atoms with Crippen LogP contribution in [0.4, 0.5) is 4.39 Å². The minimum absolute atomic E-state index is 0.267. The smallest absolute Gasteiger partial charge is 0.124 e. The summed E-state index contributed by atoms with van der Waals surface area (Å²) in [6.45, 7) is 0. The number of nitrogens with two attached hydrogens (primary N) is 1. The number of benzene rings is 2. The molecule has 21 heavy (non-hydrogen) atoms. The maximum absolute atomic E-state index is 13.2. The van der Waals surface area contributed by atoms with Crippen molar-refractivity contribution in [1.82, 2.24) is 10.4 Å². The standard InChI is InChI=1S/C16H13BrFN3/c17-14-8-12(18)5-6-13(14)16(21-19)11-7-10-3-1-2-4-15(10)20-9-11/h1-9,16,21H,19H2. The Kier molecular flexibility index (Phi) is 3.96. The van der Waals surface area contributed by atoms with E-state index < -0.39 is 0 Å². The molecule has 0 spiro atoms. The molecule has 0 saturated carbocycles. The second kappa shape index (κ2) is 5.89. The topological polar surface area (TPSA) is 50.9 Å². The molecule has 2 aromatic carbocycles. The largest absolute Gasteiger partial charge is 0.271 e. The lowest BCUT2D eigenvalue weighted by Gasteiger charge is -2.18. The van der Waals surface area contributed by atoms with E-state index in [0.29, 0.717) is 4.47 Å². The number of nitrogens with one attached hydrogen (secondary N) is 1. The van der Waals surface area contributed by atoms with Gasteiger partial charge in [-0.05, 0) is 35.4 Å². The van der Waals surface area contributed by atoms with Crippen LogP contribution in [-0.4, -0.2) is 4.98 Å². The third-order valence-corrected chi connectivity index (χ3v) is 4.07. The van der Waals surface area contributed by atoms with Gasteiger partial charge >= 0.3 is 0 Å². The first-order valence-electron chi connectivity index (χ1n) is 6.45. The number of halogens is 2. The van der Waals surface area contributed by atoms with Gasteiger partial charge in [0.2, 0.25) is 0 Å². The molecule has 5 heteroatoms. The fourth-order valence-corrected chi connectivity index (χ4v) is 2.93. The van der Waals surface area contributed by atoms with E-state index in [2.05, 4.69) is 26.3 Å². The van der Waals surface area contributed by atoms with Gasteiger partial charge < -0.3 is 0 Å². The lowest BCUT2D eigenvalue weighted by atomic mass is 9.99. The van der Waals surface area contributed by atoms with Crippen LogP contribution in [-0.2, 0) is 0 Å². The molecular weight excluding hydrogens is 333 g/mol. The Morgan fingerprint density at radius 1 is 1.14 bits per heavy atom. The van der Waals surface area contributed by atoms with Gasteiger partial charge in [-0.1, -0.05) is 40.2 Å². The molecule has 0 radical (unpaired) electrons. The van der Waals surface area contributed by atoms with Crippen molar-refractivity contribution in [1.29, 1.82) is 0 Å². The second-order valence-electron chi connectivity index (χ2n) is 4.73. The molecule has 1 heterocycles. The number of nitrogens with zero attached hydrogens (tertiary/aromatic N) is 1. The molecule has 3 nitrogen and oxygen atoms in total. The number of aromatic nitrogens is 1. The lowest BCUT2D eigenvalue weighted by Crippen LogP contribution is -2.29. The molecule has 0 aliphatic heterocycles. The van der Waals surface area contributed by atoms with Crippen LogP contribution in [0.3, 0.4) is 0 Å². The maximum atomic E-state index is 13.2. The van der Waals surface area contributed by atoms with Gasteiger partial charge in [0.15, 0.2) is 0 Å². The van der Waals surface area contributed by atoms with Crippen molar-refractivity contribution in [2.24, 2.45) is 5.84 Å². The van der Waals surface area contributed by atoms with E-state index in [0.717, 1.165) is 22.0 Å². The molecule has 1 unspecified atom stereocenters. The SMILES string of the molecule is NNC(c1cnc2ccccc2c1)c1ccc(F)cc1Br. The Morgan fingerprint density at radius 3 is 2.71 bits per heavy atom. The summed E-state index contributed by atoms with van der Waals surface area (Å²) in [4.78, 5) is 4.44. The molecule has 106 valence electrons. The summed E-state index contributed by atoms with van der Waals surface area (Å²) in [5, 5.41) is 1.04. The molecule has 0 aliphatic rings. The van der Waals surface area contributed by atoms with Gasteiger partial charge in [-0.15, -0.1) is 0 Å². The Balaban J connectivity index is 2.09. The molecule has 0 fully saturated rings. The molecule has 0 saturated heterocycles. The van der Waals surface area contributed by atoms with Gasteiger partial charge in [-0.2, -0.15) is 0 Å². The summed E-state index contributed by atoms with van der Waals surface area (Å²) in [5.41, 5.74) is 5.47. The van der Waals surface area contributed by atoms with Gasteiger partial charge in [0.25, 0.3) is 0 Å².